The minimum absolute atomic E-state index is 0.106. The highest BCUT2D eigenvalue weighted by Crippen LogP contribution is 2.51. The SMILES string of the molecule is COc1ccc(C(OC[C@H]2O[C@@H](c3ccc(NC(=O)c4ccccc4)nc3)C[C@@H]2OP(OCCC#N)N(C(C)C)C(C)C)(c2ccccc2)c2ccc(OC)cc2)cc1. The molecule has 0 aliphatic carbocycles. The van der Waals surface area contributed by atoms with Gasteiger partial charge in [-0.3, -0.25) is 4.79 Å². The van der Waals surface area contributed by atoms with Crippen LogP contribution in [0.4, 0.5) is 5.82 Å². The molecular formula is C47H53N4O7P. The van der Waals surface area contributed by atoms with Crippen LogP contribution >= 0.6 is 8.53 Å². The molecule has 0 bridgehead atoms. The molecule has 1 aliphatic heterocycles. The summed E-state index contributed by atoms with van der Waals surface area (Å²) >= 11 is 0. The predicted molar refractivity (Wildman–Crippen MR) is 229 cm³/mol. The fourth-order valence-electron chi connectivity index (χ4n) is 7.33. The minimum Gasteiger partial charge on any atom is -0.497 e. The van der Waals surface area contributed by atoms with E-state index < -0.39 is 32.4 Å². The molecule has 12 heteroatoms. The summed E-state index contributed by atoms with van der Waals surface area (Å²) < 4.78 is 41.0. The summed E-state index contributed by atoms with van der Waals surface area (Å²) in [6, 6.07) is 41.1. The van der Waals surface area contributed by atoms with Gasteiger partial charge in [-0.2, -0.15) is 5.26 Å². The van der Waals surface area contributed by atoms with E-state index in [1.807, 2.05) is 91.0 Å². The van der Waals surface area contributed by atoms with Crippen LogP contribution in [0.25, 0.3) is 0 Å². The standard InChI is InChI=1S/C47H53N4O7P/c1-33(2)51(34(3)4)59(56-29-13-28-48)58-43-30-42(36-18-27-45(49-31-36)50-46(52)35-14-9-7-10-15-35)57-44(43)32-55-47(37-16-11-8-12-17-37,38-19-23-40(53-5)24-20-38)39-21-25-41(54-6)26-22-39/h7-12,14-27,31,33-34,42-44H,13,29-30,32H2,1-6H3,(H,49,50,52)/t42-,43+,44-,59?/m1/s1. The molecule has 1 N–H and O–H groups in total. The number of hydrogen-bond acceptors (Lipinski definition) is 10. The van der Waals surface area contributed by atoms with Gasteiger partial charge in [0.15, 0.2) is 0 Å². The average molecular weight is 817 g/mol. The van der Waals surface area contributed by atoms with E-state index in [-0.39, 0.29) is 37.6 Å². The number of anilines is 1. The molecule has 0 saturated carbocycles. The maximum absolute atomic E-state index is 12.9. The van der Waals surface area contributed by atoms with Crippen molar-refractivity contribution in [3.63, 3.8) is 0 Å². The number of hydrogen-bond donors (Lipinski definition) is 1. The lowest BCUT2D eigenvalue weighted by Crippen LogP contribution is -2.39. The molecule has 1 saturated heterocycles. The molecule has 2 heterocycles. The molecule has 0 spiro atoms. The molecule has 1 unspecified atom stereocenters. The van der Waals surface area contributed by atoms with E-state index in [1.54, 1.807) is 38.6 Å². The fraction of sp³-hybridized carbons (Fsp3) is 0.340. The van der Waals surface area contributed by atoms with Gasteiger partial charge in [-0.05, 0) is 92.4 Å². The van der Waals surface area contributed by atoms with E-state index in [9.17, 15) is 10.1 Å². The molecule has 6 rings (SSSR count). The van der Waals surface area contributed by atoms with E-state index in [4.69, 9.17) is 28.0 Å². The lowest BCUT2D eigenvalue weighted by Gasteiger charge is -2.39. The molecular weight excluding hydrogens is 764 g/mol. The first-order valence-electron chi connectivity index (χ1n) is 19.9. The number of nitriles is 1. The fourth-order valence-corrected chi connectivity index (χ4v) is 9.09. The number of ether oxygens (including phenoxy) is 4. The molecule has 4 aromatic carbocycles. The summed E-state index contributed by atoms with van der Waals surface area (Å²) in [4.78, 5) is 17.5. The highest BCUT2D eigenvalue weighted by Gasteiger charge is 2.45. The second kappa shape index (κ2) is 20.7. The van der Waals surface area contributed by atoms with Crippen LogP contribution < -0.4 is 14.8 Å². The summed E-state index contributed by atoms with van der Waals surface area (Å²) in [5.41, 5.74) is 3.01. The van der Waals surface area contributed by atoms with Gasteiger partial charge < -0.3 is 33.3 Å². The summed E-state index contributed by atoms with van der Waals surface area (Å²) in [6.45, 7) is 8.83. The van der Waals surface area contributed by atoms with Crippen LogP contribution in [0.5, 0.6) is 11.5 Å². The summed E-state index contributed by atoms with van der Waals surface area (Å²) in [7, 11) is 1.69. The summed E-state index contributed by atoms with van der Waals surface area (Å²) in [5.74, 6) is 1.64. The third kappa shape index (κ3) is 10.5. The maximum Gasteiger partial charge on any atom is 0.259 e. The van der Waals surface area contributed by atoms with Crippen molar-refractivity contribution < 1.29 is 32.8 Å². The van der Waals surface area contributed by atoms with Crippen molar-refractivity contribution in [1.29, 1.82) is 5.26 Å². The van der Waals surface area contributed by atoms with Gasteiger partial charge in [0, 0.05) is 30.3 Å². The third-order valence-corrected chi connectivity index (χ3v) is 12.3. The maximum atomic E-state index is 12.9. The van der Waals surface area contributed by atoms with E-state index in [0.717, 1.165) is 33.8 Å². The highest BCUT2D eigenvalue weighted by atomic mass is 31.2. The minimum atomic E-state index is -1.60. The Morgan fingerprint density at radius 1 is 0.847 bits per heavy atom. The van der Waals surface area contributed by atoms with E-state index in [2.05, 4.69) is 60.9 Å². The van der Waals surface area contributed by atoms with Crippen LogP contribution in [0.2, 0.25) is 0 Å². The van der Waals surface area contributed by atoms with Crippen LogP contribution in [0, 0.1) is 11.3 Å². The van der Waals surface area contributed by atoms with Gasteiger partial charge in [-0.15, -0.1) is 0 Å². The zero-order chi connectivity index (χ0) is 41.8. The van der Waals surface area contributed by atoms with Crippen molar-refractivity contribution in [3.8, 4) is 17.6 Å². The zero-order valence-corrected chi connectivity index (χ0v) is 35.4. The number of rotatable bonds is 19. The predicted octanol–water partition coefficient (Wildman–Crippen LogP) is 9.85. The quantitative estimate of drug-likeness (QED) is 0.0489. The Bertz CT molecular complexity index is 2040. The Morgan fingerprint density at radius 2 is 1.42 bits per heavy atom. The Morgan fingerprint density at radius 3 is 1.95 bits per heavy atom. The number of nitrogens with zero attached hydrogens (tertiary/aromatic N) is 3. The number of nitrogens with one attached hydrogen (secondary N) is 1. The zero-order valence-electron chi connectivity index (χ0n) is 34.5. The lowest BCUT2D eigenvalue weighted by molar-refractivity contribution is -0.0806. The number of benzene rings is 4. The molecule has 1 fully saturated rings. The van der Waals surface area contributed by atoms with Gasteiger partial charge in [-0.1, -0.05) is 78.9 Å². The number of methoxy groups -OCH3 is 2. The number of aromatic nitrogens is 1. The summed E-state index contributed by atoms with van der Waals surface area (Å²) in [6.07, 6.45) is 1.03. The van der Waals surface area contributed by atoms with Crippen molar-refractivity contribution >= 4 is 20.3 Å². The lowest BCUT2D eigenvalue weighted by atomic mass is 9.80. The molecule has 5 aromatic rings. The van der Waals surface area contributed by atoms with Crippen LogP contribution in [-0.2, 0) is 24.1 Å². The largest absolute Gasteiger partial charge is 0.497 e. The molecule has 11 nitrogen and oxygen atoms in total. The number of carbonyl (C=O) groups is 1. The Kier molecular flexibility index (Phi) is 15.2. The molecule has 1 aliphatic rings. The Hall–Kier alpha value is -5.18. The van der Waals surface area contributed by atoms with Gasteiger partial charge in [0.05, 0.1) is 52.1 Å². The number of amides is 1. The van der Waals surface area contributed by atoms with Gasteiger partial charge in [0.25, 0.3) is 14.4 Å². The molecule has 1 amide bonds. The number of pyridine rings is 1. The first-order chi connectivity index (χ1) is 28.7. The highest BCUT2D eigenvalue weighted by molar-refractivity contribution is 7.44. The third-order valence-electron chi connectivity index (χ3n) is 10.2. The van der Waals surface area contributed by atoms with E-state index >= 15 is 0 Å². The first kappa shape index (κ1) is 43.4. The van der Waals surface area contributed by atoms with Crippen LogP contribution in [0.1, 0.15) is 79.3 Å². The van der Waals surface area contributed by atoms with E-state index in [0.29, 0.717) is 17.8 Å². The van der Waals surface area contributed by atoms with Crippen molar-refractivity contribution in [2.24, 2.45) is 0 Å². The normalized spacial score (nSPS) is 17.2. The second-order valence-electron chi connectivity index (χ2n) is 14.7. The Balaban J connectivity index is 1.36. The van der Waals surface area contributed by atoms with Crippen LogP contribution in [0.15, 0.2) is 128 Å². The van der Waals surface area contributed by atoms with Gasteiger partial charge in [0.2, 0.25) is 0 Å². The first-order valence-corrected chi connectivity index (χ1v) is 21.0. The molecule has 59 heavy (non-hydrogen) atoms. The smallest absolute Gasteiger partial charge is 0.259 e. The van der Waals surface area contributed by atoms with Crippen molar-refractivity contribution in [2.75, 3.05) is 32.8 Å². The van der Waals surface area contributed by atoms with Crippen molar-refractivity contribution in [2.45, 2.75) is 76.5 Å². The summed E-state index contributed by atoms with van der Waals surface area (Å²) in [5, 5.41) is 12.3. The van der Waals surface area contributed by atoms with Gasteiger partial charge >= 0.3 is 0 Å². The molecule has 4 atom stereocenters. The van der Waals surface area contributed by atoms with Crippen molar-refractivity contribution in [1.82, 2.24) is 9.65 Å². The van der Waals surface area contributed by atoms with E-state index in [1.165, 1.54) is 0 Å². The van der Waals surface area contributed by atoms with Crippen LogP contribution in [-0.4, -0.2) is 67.3 Å². The monoisotopic (exact) mass is 816 g/mol. The van der Waals surface area contributed by atoms with Crippen molar-refractivity contribution in [3.05, 3.63) is 155 Å². The topological polar surface area (TPSA) is 124 Å². The average Bonchev–Trinajstić information content (AvgIpc) is 3.67. The van der Waals surface area contributed by atoms with Gasteiger partial charge in [0.1, 0.15) is 29.0 Å². The van der Waals surface area contributed by atoms with Gasteiger partial charge in [-0.25, -0.2) is 9.65 Å². The molecule has 1 aromatic heterocycles. The molecule has 0 radical (unpaired) electrons. The van der Waals surface area contributed by atoms with Crippen LogP contribution in [0.3, 0.4) is 0 Å². The molecule has 308 valence electrons. The second-order valence-corrected chi connectivity index (χ2v) is 16.1. The Labute approximate surface area is 349 Å². The number of carbonyl (C=O) groups excluding carboxylic acids is 1.